The zero-order chi connectivity index (χ0) is 24.1. The van der Waals surface area contributed by atoms with Crippen LogP contribution < -0.4 is 0 Å². The normalized spacial score (nSPS) is 19.0. The van der Waals surface area contributed by atoms with E-state index in [1.165, 1.54) is 4.31 Å². The first-order valence-corrected chi connectivity index (χ1v) is 13.3. The Labute approximate surface area is 198 Å². The Morgan fingerprint density at radius 1 is 0.788 bits per heavy atom. The van der Waals surface area contributed by atoms with E-state index < -0.39 is 10.0 Å². The zero-order valence-corrected chi connectivity index (χ0v) is 21.0. The van der Waals surface area contributed by atoms with Gasteiger partial charge in [0.2, 0.25) is 21.8 Å². The van der Waals surface area contributed by atoms with Gasteiger partial charge < -0.3 is 9.80 Å². The number of amides is 2. The maximum absolute atomic E-state index is 12.7. The quantitative estimate of drug-likeness (QED) is 0.598. The van der Waals surface area contributed by atoms with Gasteiger partial charge >= 0.3 is 0 Å². The number of nitrogens with zero attached hydrogens (tertiary/aromatic N) is 4. The summed E-state index contributed by atoms with van der Waals surface area (Å²) in [4.78, 5) is 31.4. The molecule has 1 aromatic rings. The van der Waals surface area contributed by atoms with Gasteiger partial charge in [0, 0.05) is 65.2 Å². The lowest BCUT2D eigenvalue weighted by atomic mass is 9.92. The minimum absolute atomic E-state index is 0.0316. The number of rotatable bonds is 7. The molecule has 184 valence electrons. The van der Waals surface area contributed by atoms with Gasteiger partial charge in [-0.3, -0.25) is 14.5 Å². The van der Waals surface area contributed by atoms with Crippen LogP contribution in [0.25, 0.3) is 0 Å². The molecule has 2 saturated heterocycles. The molecule has 0 radical (unpaired) electrons. The molecule has 0 aromatic heterocycles. The number of carbonyl (C=O) groups excluding carboxylic acids is 2. The van der Waals surface area contributed by atoms with Crippen LogP contribution in [0, 0.1) is 5.41 Å². The summed E-state index contributed by atoms with van der Waals surface area (Å²) in [6.07, 6.45) is 1.52. The monoisotopic (exact) mass is 478 g/mol. The zero-order valence-electron chi connectivity index (χ0n) is 20.2. The Morgan fingerprint density at radius 2 is 1.27 bits per heavy atom. The van der Waals surface area contributed by atoms with Gasteiger partial charge in [0.15, 0.2) is 0 Å². The van der Waals surface area contributed by atoms with Crippen molar-refractivity contribution in [2.24, 2.45) is 5.41 Å². The number of benzene rings is 1. The Kier molecular flexibility index (Phi) is 8.53. The van der Waals surface area contributed by atoms with E-state index in [2.05, 4.69) is 25.7 Å². The highest BCUT2D eigenvalue weighted by molar-refractivity contribution is 7.89. The fourth-order valence-corrected chi connectivity index (χ4v) is 5.61. The number of hydrogen-bond acceptors (Lipinski definition) is 5. The Hall–Kier alpha value is -1.97. The highest BCUT2D eigenvalue weighted by Crippen LogP contribution is 2.20. The molecule has 0 N–H and O–H groups in total. The largest absolute Gasteiger partial charge is 0.340 e. The fraction of sp³-hybridized carbons (Fsp3) is 0.667. The van der Waals surface area contributed by atoms with Gasteiger partial charge in [0.1, 0.15) is 0 Å². The van der Waals surface area contributed by atoms with E-state index in [1.807, 2.05) is 4.90 Å². The van der Waals surface area contributed by atoms with Gasteiger partial charge in [-0.05, 0) is 30.5 Å². The van der Waals surface area contributed by atoms with Crippen molar-refractivity contribution in [2.45, 2.75) is 44.9 Å². The second kappa shape index (κ2) is 11.0. The second-order valence-corrected chi connectivity index (χ2v) is 12.1. The summed E-state index contributed by atoms with van der Waals surface area (Å²) >= 11 is 0. The molecule has 2 aliphatic rings. The van der Waals surface area contributed by atoms with Crippen molar-refractivity contribution >= 4 is 21.8 Å². The van der Waals surface area contributed by atoms with Gasteiger partial charge in [-0.1, -0.05) is 39.0 Å². The van der Waals surface area contributed by atoms with Crippen LogP contribution in [-0.4, -0.2) is 98.1 Å². The van der Waals surface area contributed by atoms with Crippen LogP contribution in [0.4, 0.5) is 0 Å². The van der Waals surface area contributed by atoms with E-state index in [0.29, 0.717) is 31.6 Å². The predicted octanol–water partition coefficient (Wildman–Crippen LogP) is 1.88. The van der Waals surface area contributed by atoms with E-state index in [-0.39, 0.29) is 42.6 Å². The number of hydrogen-bond donors (Lipinski definition) is 0. The lowest BCUT2D eigenvalue weighted by Crippen LogP contribution is -2.51. The van der Waals surface area contributed by atoms with Gasteiger partial charge in [0.05, 0.1) is 4.90 Å². The summed E-state index contributed by atoms with van der Waals surface area (Å²) in [5, 5.41) is 0. The van der Waals surface area contributed by atoms with Crippen LogP contribution in [0.15, 0.2) is 35.2 Å². The molecule has 3 rings (SSSR count). The SMILES string of the molecule is CC(C)(C)CCN1CCN(C(=O)CCC(=O)N2CCN(S(=O)(=O)c3ccccc3)CC2)CC1. The van der Waals surface area contributed by atoms with E-state index in [1.54, 1.807) is 35.2 Å². The molecular weight excluding hydrogens is 440 g/mol. The molecule has 9 heteroatoms. The predicted molar refractivity (Wildman–Crippen MR) is 128 cm³/mol. The number of sulfonamides is 1. The third-order valence-corrected chi connectivity index (χ3v) is 8.34. The molecular formula is C24H38N4O4S. The van der Waals surface area contributed by atoms with Crippen LogP contribution in [0.2, 0.25) is 0 Å². The summed E-state index contributed by atoms with van der Waals surface area (Å²) in [5.41, 5.74) is 0.310. The van der Waals surface area contributed by atoms with Crippen LogP contribution in [0.1, 0.15) is 40.0 Å². The third kappa shape index (κ3) is 7.25. The Balaban J connectivity index is 1.38. The molecule has 0 atom stereocenters. The summed E-state index contributed by atoms with van der Waals surface area (Å²) in [7, 11) is -3.54. The van der Waals surface area contributed by atoms with Crippen molar-refractivity contribution in [3.8, 4) is 0 Å². The minimum Gasteiger partial charge on any atom is -0.340 e. The second-order valence-electron chi connectivity index (χ2n) is 10.1. The molecule has 1 aromatic carbocycles. The average molecular weight is 479 g/mol. The van der Waals surface area contributed by atoms with Gasteiger partial charge in [-0.25, -0.2) is 8.42 Å². The van der Waals surface area contributed by atoms with Crippen molar-refractivity contribution in [3.05, 3.63) is 30.3 Å². The van der Waals surface area contributed by atoms with Crippen molar-refractivity contribution in [2.75, 3.05) is 58.9 Å². The fourth-order valence-electron chi connectivity index (χ4n) is 4.16. The topological polar surface area (TPSA) is 81.2 Å². The first-order valence-electron chi connectivity index (χ1n) is 11.9. The molecule has 0 aliphatic carbocycles. The first kappa shape index (κ1) is 25.6. The average Bonchev–Trinajstić information content (AvgIpc) is 2.81. The minimum atomic E-state index is -3.54. The highest BCUT2D eigenvalue weighted by Gasteiger charge is 2.30. The van der Waals surface area contributed by atoms with Gasteiger partial charge in [-0.2, -0.15) is 4.31 Å². The number of carbonyl (C=O) groups is 2. The summed E-state index contributed by atoms with van der Waals surface area (Å²) in [5.74, 6) is -0.0481. The van der Waals surface area contributed by atoms with Crippen LogP contribution in [-0.2, 0) is 19.6 Å². The maximum atomic E-state index is 12.7. The molecule has 0 spiro atoms. The molecule has 2 aliphatic heterocycles. The Morgan fingerprint density at radius 3 is 1.76 bits per heavy atom. The summed E-state index contributed by atoms with van der Waals surface area (Å²) < 4.78 is 26.9. The lowest BCUT2D eigenvalue weighted by molar-refractivity contribution is -0.138. The summed E-state index contributed by atoms with van der Waals surface area (Å²) in [6, 6.07) is 8.36. The maximum Gasteiger partial charge on any atom is 0.243 e. The molecule has 0 unspecified atom stereocenters. The smallest absolute Gasteiger partial charge is 0.243 e. The first-order chi connectivity index (χ1) is 15.6. The molecule has 0 saturated carbocycles. The van der Waals surface area contributed by atoms with Crippen molar-refractivity contribution in [1.29, 1.82) is 0 Å². The van der Waals surface area contributed by atoms with Crippen LogP contribution in [0.3, 0.4) is 0 Å². The van der Waals surface area contributed by atoms with Crippen molar-refractivity contribution in [3.63, 3.8) is 0 Å². The molecule has 33 heavy (non-hydrogen) atoms. The molecule has 0 bridgehead atoms. The van der Waals surface area contributed by atoms with E-state index in [0.717, 1.165) is 26.1 Å². The standard InChI is InChI=1S/C24H38N4O4S/c1-24(2,3)11-12-25-13-15-26(16-14-25)22(29)9-10-23(30)27-17-19-28(20-18-27)33(31,32)21-7-5-4-6-8-21/h4-8H,9-20H2,1-3H3. The third-order valence-electron chi connectivity index (χ3n) is 6.43. The molecule has 2 fully saturated rings. The van der Waals surface area contributed by atoms with Gasteiger partial charge in [0.25, 0.3) is 0 Å². The molecule has 2 heterocycles. The van der Waals surface area contributed by atoms with Crippen molar-refractivity contribution in [1.82, 2.24) is 19.0 Å². The van der Waals surface area contributed by atoms with Crippen molar-refractivity contribution < 1.29 is 18.0 Å². The highest BCUT2D eigenvalue weighted by atomic mass is 32.2. The molecule has 2 amide bonds. The summed E-state index contributed by atoms with van der Waals surface area (Å²) in [6.45, 7) is 12.2. The number of piperazine rings is 2. The van der Waals surface area contributed by atoms with Crippen LogP contribution >= 0.6 is 0 Å². The van der Waals surface area contributed by atoms with Crippen LogP contribution in [0.5, 0.6) is 0 Å². The van der Waals surface area contributed by atoms with Gasteiger partial charge in [-0.15, -0.1) is 0 Å². The Bertz CT molecular complexity index is 898. The lowest BCUT2D eigenvalue weighted by Gasteiger charge is -2.36. The van der Waals surface area contributed by atoms with E-state index in [9.17, 15) is 18.0 Å². The molecule has 8 nitrogen and oxygen atoms in total. The van der Waals surface area contributed by atoms with E-state index >= 15 is 0 Å². The van der Waals surface area contributed by atoms with E-state index in [4.69, 9.17) is 0 Å².